The maximum atomic E-state index is 2.45. The Labute approximate surface area is 88.6 Å². The van der Waals surface area contributed by atoms with Gasteiger partial charge in [0.15, 0.2) is 0 Å². The molecule has 0 fully saturated rings. The van der Waals surface area contributed by atoms with E-state index in [4.69, 9.17) is 0 Å². The highest BCUT2D eigenvalue weighted by Gasteiger charge is 2.19. The average molecular weight is 196 g/mol. The van der Waals surface area contributed by atoms with E-state index in [1.165, 1.54) is 38.8 Å². The van der Waals surface area contributed by atoms with Gasteiger partial charge in [0.2, 0.25) is 0 Å². The van der Waals surface area contributed by atoms with Crippen molar-refractivity contribution in [3.8, 4) is 0 Å². The molecule has 2 heteroatoms. The van der Waals surface area contributed by atoms with Crippen LogP contribution in [0.25, 0.3) is 0 Å². The van der Waals surface area contributed by atoms with Gasteiger partial charge >= 0.3 is 0 Å². The van der Waals surface area contributed by atoms with Crippen molar-refractivity contribution in [2.45, 2.75) is 52.6 Å². The summed E-state index contributed by atoms with van der Waals surface area (Å²) in [6.45, 7) is 9.18. The van der Waals surface area contributed by atoms with E-state index in [0.717, 1.165) is 0 Å². The Bertz CT molecular complexity index is 177. The molecule has 0 aromatic heterocycles. The Kier molecular flexibility index (Phi) is 4.85. The van der Waals surface area contributed by atoms with Crippen molar-refractivity contribution in [3.63, 3.8) is 0 Å². The van der Waals surface area contributed by atoms with Crippen LogP contribution in [0.15, 0.2) is 12.4 Å². The Morgan fingerprint density at radius 2 is 1.57 bits per heavy atom. The summed E-state index contributed by atoms with van der Waals surface area (Å²) < 4.78 is 0. The van der Waals surface area contributed by atoms with Gasteiger partial charge in [0.05, 0.1) is 6.17 Å². The first-order valence-corrected chi connectivity index (χ1v) is 5.99. The lowest BCUT2D eigenvalue weighted by Gasteiger charge is -2.29. The summed E-state index contributed by atoms with van der Waals surface area (Å²) in [4.78, 5) is 4.87. The Morgan fingerprint density at radius 1 is 0.929 bits per heavy atom. The molecule has 0 aliphatic carbocycles. The standard InChI is InChI=1S/C12H24N2/c1-4-6-7-9-14-11-10-13(8-5-2)12(14)3/h10-12H,4-9H2,1-3H3. The van der Waals surface area contributed by atoms with Crippen LogP contribution in [0, 0.1) is 0 Å². The van der Waals surface area contributed by atoms with Crippen LogP contribution in [-0.2, 0) is 0 Å². The third kappa shape index (κ3) is 2.93. The largest absolute Gasteiger partial charge is 0.356 e. The molecular weight excluding hydrogens is 172 g/mol. The molecule has 0 N–H and O–H groups in total. The van der Waals surface area contributed by atoms with Crippen LogP contribution in [0.1, 0.15) is 46.5 Å². The normalized spacial score (nSPS) is 20.9. The van der Waals surface area contributed by atoms with E-state index in [9.17, 15) is 0 Å². The summed E-state index contributed by atoms with van der Waals surface area (Å²) in [5, 5.41) is 0. The highest BCUT2D eigenvalue weighted by Crippen LogP contribution is 2.16. The fraction of sp³-hybridized carbons (Fsp3) is 0.833. The zero-order chi connectivity index (χ0) is 10.4. The molecule has 0 bridgehead atoms. The van der Waals surface area contributed by atoms with Gasteiger partial charge in [0.25, 0.3) is 0 Å². The van der Waals surface area contributed by atoms with Gasteiger partial charge in [-0.2, -0.15) is 0 Å². The second kappa shape index (κ2) is 5.94. The fourth-order valence-corrected chi connectivity index (χ4v) is 1.94. The minimum Gasteiger partial charge on any atom is -0.356 e. The van der Waals surface area contributed by atoms with Gasteiger partial charge in [-0.05, 0) is 19.8 Å². The molecule has 0 saturated heterocycles. The lowest BCUT2D eigenvalue weighted by atomic mass is 10.2. The molecule has 1 aliphatic rings. The summed E-state index contributed by atoms with van der Waals surface area (Å²) in [6, 6.07) is 0. The van der Waals surface area contributed by atoms with Crippen molar-refractivity contribution in [1.29, 1.82) is 0 Å². The summed E-state index contributed by atoms with van der Waals surface area (Å²) in [6.07, 6.45) is 10.3. The molecule has 0 aromatic rings. The van der Waals surface area contributed by atoms with Crippen LogP contribution in [0.3, 0.4) is 0 Å². The van der Waals surface area contributed by atoms with Crippen molar-refractivity contribution in [2.75, 3.05) is 13.1 Å². The number of hydrogen-bond acceptors (Lipinski definition) is 2. The lowest BCUT2D eigenvalue weighted by Crippen LogP contribution is -2.36. The first kappa shape index (κ1) is 11.4. The molecule has 2 nitrogen and oxygen atoms in total. The van der Waals surface area contributed by atoms with Crippen LogP contribution in [0.2, 0.25) is 0 Å². The molecular formula is C12H24N2. The SMILES string of the molecule is CCCCCN1C=CN(CCC)C1C. The van der Waals surface area contributed by atoms with Crippen molar-refractivity contribution >= 4 is 0 Å². The third-order valence-corrected chi connectivity index (χ3v) is 2.91. The maximum Gasteiger partial charge on any atom is 0.0977 e. The Balaban J connectivity index is 2.25. The molecule has 1 rings (SSSR count). The highest BCUT2D eigenvalue weighted by atomic mass is 15.4. The number of hydrogen-bond donors (Lipinski definition) is 0. The molecule has 0 aromatic carbocycles. The summed E-state index contributed by atoms with van der Waals surface area (Å²) in [5.41, 5.74) is 0. The molecule has 1 unspecified atom stereocenters. The first-order valence-electron chi connectivity index (χ1n) is 5.99. The average Bonchev–Trinajstić information content (AvgIpc) is 2.51. The molecule has 0 amide bonds. The van der Waals surface area contributed by atoms with Crippen LogP contribution >= 0.6 is 0 Å². The molecule has 0 spiro atoms. The van der Waals surface area contributed by atoms with E-state index in [0.29, 0.717) is 6.17 Å². The Hall–Kier alpha value is -0.660. The van der Waals surface area contributed by atoms with Gasteiger partial charge in [0.1, 0.15) is 0 Å². The van der Waals surface area contributed by atoms with E-state index in [1.54, 1.807) is 0 Å². The molecule has 14 heavy (non-hydrogen) atoms. The second-order valence-corrected chi connectivity index (χ2v) is 4.11. The maximum absolute atomic E-state index is 2.45. The van der Waals surface area contributed by atoms with Gasteiger partial charge < -0.3 is 9.80 Å². The van der Waals surface area contributed by atoms with Crippen molar-refractivity contribution < 1.29 is 0 Å². The molecule has 82 valence electrons. The van der Waals surface area contributed by atoms with Gasteiger partial charge in [-0.3, -0.25) is 0 Å². The first-order chi connectivity index (χ1) is 6.79. The van der Waals surface area contributed by atoms with Crippen LogP contribution < -0.4 is 0 Å². The van der Waals surface area contributed by atoms with Crippen molar-refractivity contribution in [1.82, 2.24) is 9.80 Å². The van der Waals surface area contributed by atoms with E-state index in [2.05, 4.69) is 43.0 Å². The number of rotatable bonds is 6. The zero-order valence-electron chi connectivity index (χ0n) is 9.87. The van der Waals surface area contributed by atoms with Crippen molar-refractivity contribution in [2.24, 2.45) is 0 Å². The summed E-state index contributed by atoms with van der Waals surface area (Å²) in [7, 11) is 0. The molecule has 1 atom stereocenters. The monoisotopic (exact) mass is 196 g/mol. The molecule has 1 heterocycles. The molecule has 0 saturated carbocycles. The summed E-state index contributed by atoms with van der Waals surface area (Å²) >= 11 is 0. The minimum atomic E-state index is 0.576. The smallest absolute Gasteiger partial charge is 0.0977 e. The van der Waals surface area contributed by atoms with Gasteiger partial charge in [-0.15, -0.1) is 0 Å². The van der Waals surface area contributed by atoms with Crippen LogP contribution in [0.4, 0.5) is 0 Å². The van der Waals surface area contributed by atoms with Gasteiger partial charge in [0, 0.05) is 25.5 Å². The van der Waals surface area contributed by atoms with Crippen LogP contribution in [0.5, 0.6) is 0 Å². The highest BCUT2D eigenvalue weighted by molar-refractivity contribution is 4.94. The van der Waals surface area contributed by atoms with E-state index in [1.807, 2.05) is 0 Å². The predicted molar refractivity (Wildman–Crippen MR) is 61.8 cm³/mol. The van der Waals surface area contributed by atoms with E-state index < -0.39 is 0 Å². The van der Waals surface area contributed by atoms with Gasteiger partial charge in [-0.25, -0.2) is 0 Å². The minimum absolute atomic E-state index is 0.576. The van der Waals surface area contributed by atoms with E-state index >= 15 is 0 Å². The van der Waals surface area contributed by atoms with Gasteiger partial charge in [-0.1, -0.05) is 26.7 Å². The fourth-order valence-electron chi connectivity index (χ4n) is 1.94. The summed E-state index contributed by atoms with van der Waals surface area (Å²) in [5.74, 6) is 0. The topological polar surface area (TPSA) is 6.48 Å². The molecule has 1 aliphatic heterocycles. The zero-order valence-corrected chi connectivity index (χ0v) is 9.87. The lowest BCUT2D eigenvalue weighted by molar-refractivity contribution is 0.168. The van der Waals surface area contributed by atoms with Crippen LogP contribution in [-0.4, -0.2) is 29.1 Å². The second-order valence-electron chi connectivity index (χ2n) is 4.11. The quantitative estimate of drug-likeness (QED) is 0.602. The molecule has 0 radical (unpaired) electrons. The van der Waals surface area contributed by atoms with E-state index in [-0.39, 0.29) is 0 Å². The number of unbranched alkanes of at least 4 members (excludes halogenated alkanes) is 2. The van der Waals surface area contributed by atoms with Crippen molar-refractivity contribution in [3.05, 3.63) is 12.4 Å². The predicted octanol–water partition coefficient (Wildman–Crippen LogP) is 3.02. The Morgan fingerprint density at radius 3 is 2.14 bits per heavy atom. The number of nitrogens with zero attached hydrogens (tertiary/aromatic N) is 2. The third-order valence-electron chi connectivity index (χ3n) is 2.91.